The van der Waals surface area contributed by atoms with Crippen LogP contribution in [0.4, 0.5) is 0 Å². The van der Waals surface area contributed by atoms with Crippen molar-refractivity contribution in [3.8, 4) is 0 Å². The molecule has 0 bridgehead atoms. The summed E-state index contributed by atoms with van der Waals surface area (Å²) in [5.74, 6) is -1.77. The molecule has 0 heterocycles. The maximum absolute atomic E-state index is 10.2. The largest absolute Gasteiger partial charge is 0.481 e. The molecule has 0 fully saturated rings. The number of carboxylic acids is 2. The molecule has 0 aliphatic carbocycles. The van der Waals surface area contributed by atoms with Crippen molar-refractivity contribution in [1.82, 2.24) is 0 Å². The number of hydrogen-bond acceptors (Lipinski definition) is 2. The Balaban J connectivity index is 0. The molecule has 0 aromatic heterocycles. The molecule has 0 aliphatic rings. The molecule has 4 nitrogen and oxygen atoms in total. The Morgan fingerprint density at radius 2 is 1.59 bits per heavy atom. The fourth-order valence-corrected chi connectivity index (χ4v) is 0.919. The quantitative estimate of drug-likeness (QED) is 0.724. The van der Waals surface area contributed by atoms with Crippen molar-refractivity contribution in [3.05, 3.63) is 0 Å². The highest BCUT2D eigenvalue weighted by atomic mass is 35.5. The minimum atomic E-state index is -0.943. The lowest BCUT2D eigenvalue weighted by Crippen LogP contribution is -2.19. The molecule has 0 saturated heterocycles. The van der Waals surface area contributed by atoms with Crippen molar-refractivity contribution in [2.24, 2.45) is 11.8 Å². The van der Waals surface area contributed by atoms with Crippen LogP contribution in [0.1, 0.15) is 47.0 Å². The molecule has 0 rings (SSSR count). The maximum Gasteiger partial charge on any atom is 0.321 e. The Bertz CT molecular complexity index is 229. The predicted octanol–water partition coefficient (Wildman–Crippen LogP) is 3.23. The molecular formula is C12H23ClO4. The molecule has 0 spiro atoms. The number of hydrogen-bond donors (Lipinski definition) is 2. The van der Waals surface area contributed by atoms with Gasteiger partial charge in [-0.3, -0.25) is 9.59 Å². The average Bonchev–Trinajstić information content (AvgIpc) is 2.25. The molecule has 0 amide bonds. The van der Waals surface area contributed by atoms with Crippen molar-refractivity contribution in [3.63, 3.8) is 0 Å². The normalized spacial score (nSPS) is 13.5. The smallest absolute Gasteiger partial charge is 0.321 e. The van der Waals surface area contributed by atoms with Gasteiger partial charge in [0.2, 0.25) is 0 Å². The lowest BCUT2D eigenvalue weighted by atomic mass is 10.1. The van der Waals surface area contributed by atoms with Crippen LogP contribution in [0, 0.1) is 11.8 Å². The Labute approximate surface area is 108 Å². The Morgan fingerprint density at radius 3 is 1.76 bits per heavy atom. The second kappa shape index (κ2) is 10.4. The van der Waals surface area contributed by atoms with Gasteiger partial charge in [0.25, 0.3) is 0 Å². The van der Waals surface area contributed by atoms with E-state index >= 15 is 0 Å². The number of carbonyl (C=O) groups is 2. The zero-order chi connectivity index (χ0) is 14.0. The second-order valence-corrected chi connectivity index (χ2v) is 4.84. The summed E-state index contributed by atoms with van der Waals surface area (Å²) in [6.45, 7) is 7.35. The standard InChI is InChI=1S/C7H14O2.C5H9ClO2/c1-3-4-5-6(2)7(8)9;1-3(2)4(6)5(7)8/h6H,3-5H2,1-2H3,(H,8,9);3-4H,1-2H3,(H,7,8). The van der Waals surface area contributed by atoms with Crippen LogP contribution >= 0.6 is 11.6 Å². The van der Waals surface area contributed by atoms with Gasteiger partial charge in [-0.15, -0.1) is 11.6 Å². The lowest BCUT2D eigenvalue weighted by Gasteiger charge is -2.05. The molecule has 2 atom stereocenters. The van der Waals surface area contributed by atoms with Gasteiger partial charge in [-0.05, 0) is 12.3 Å². The van der Waals surface area contributed by atoms with E-state index in [1.807, 2.05) is 0 Å². The lowest BCUT2D eigenvalue weighted by molar-refractivity contribution is -0.141. The molecule has 0 aliphatic heterocycles. The van der Waals surface area contributed by atoms with Crippen LogP contribution in [0.15, 0.2) is 0 Å². The Kier molecular flexibility index (Phi) is 11.4. The van der Waals surface area contributed by atoms with E-state index in [0.717, 1.165) is 19.3 Å². The summed E-state index contributed by atoms with van der Waals surface area (Å²) in [5.41, 5.74) is 0. The van der Waals surface area contributed by atoms with Gasteiger partial charge in [0, 0.05) is 0 Å². The SMILES string of the molecule is CC(C)C(Cl)C(=O)O.CCCCC(C)C(=O)O. The molecular weight excluding hydrogens is 244 g/mol. The van der Waals surface area contributed by atoms with E-state index in [1.165, 1.54) is 0 Å². The maximum atomic E-state index is 10.2. The monoisotopic (exact) mass is 266 g/mol. The van der Waals surface area contributed by atoms with Gasteiger partial charge in [-0.25, -0.2) is 0 Å². The van der Waals surface area contributed by atoms with Crippen LogP contribution in [0.5, 0.6) is 0 Å². The van der Waals surface area contributed by atoms with Gasteiger partial charge < -0.3 is 10.2 Å². The number of alkyl halides is 1. The predicted molar refractivity (Wildman–Crippen MR) is 68.4 cm³/mol. The van der Waals surface area contributed by atoms with Crippen molar-refractivity contribution < 1.29 is 19.8 Å². The third kappa shape index (κ3) is 11.5. The minimum absolute atomic E-state index is 0.00849. The number of unbranched alkanes of at least 4 members (excludes halogenated alkanes) is 1. The molecule has 0 aromatic carbocycles. The third-order valence-corrected chi connectivity index (χ3v) is 2.92. The van der Waals surface area contributed by atoms with Gasteiger partial charge in [0.05, 0.1) is 5.92 Å². The summed E-state index contributed by atoms with van der Waals surface area (Å²) in [7, 11) is 0. The second-order valence-electron chi connectivity index (χ2n) is 4.37. The first kappa shape index (κ1) is 18.6. The topological polar surface area (TPSA) is 74.6 Å². The molecule has 0 saturated carbocycles. The molecule has 2 N–H and O–H groups in total. The van der Waals surface area contributed by atoms with Gasteiger partial charge in [0.15, 0.2) is 0 Å². The van der Waals surface area contributed by atoms with Gasteiger partial charge in [0.1, 0.15) is 5.38 Å². The molecule has 0 aromatic rings. The van der Waals surface area contributed by atoms with E-state index in [1.54, 1.807) is 20.8 Å². The van der Waals surface area contributed by atoms with Crippen molar-refractivity contribution in [2.45, 2.75) is 52.3 Å². The molecule has 5 heteroatoms. The van der Waals surface area contributed by atoms with E-state index in [4.69, 9.17) is 21.8 Å². The Morgan fingerprint density at radius 1 is 1.12 bits per heavy atom. The van der Waals surface area contributed by atoms with Crippen LogP contribution in [0.3, 0.4) is 0 Å². The van der Waals surface area contributed by atoms with E-state index in [2.05, 4.69) is 6.92 Å². The highest BCUT2D eigenvalue weighted by Crippen LogP contribution is 2.08. The minimum Gasteiger partial charge on any atom is -0.481 e. The zero-order valence-electron chi connectivity index (χ0n) is 10.9. The van der Waals surface area contributed by atoms with E-state index in [-0.39, 0.29) is 11.8 Å². The average molecular weight is 267 g/mol. The molecule has 2 unspecified atom stereocenters. The van der Waals surface area contributed by atoms with E-state index < -0.39 is 17.3 Å². The first-order valence-corrected chi connectivity index (χ1v) is 6.27. The summed E-state index contributed by atoms with van der Waals surface area (Å²) in [4.78, 5) is 20.2. The van der Waals surface area contributed by atoms with Crippen LogP contribution in [-0.2, 0) is 9.59 Å². The summed E-state index contributed by atoms with van der Waals surface area (Å²) < 4.78 is 0. The van der Waals surface area contributed by atoms with Gasteiger partial charge in [-0.2, -0.15) is 0 Å². The molecule has 102 valence electrons. The number of halogens is 1. The third-order valence-electron chi connectivity index (χ3n) is 2.23. The van der Waals surface area contributed by atoms with Gasteiger partial charge in [-0.1, -0.05) is 40.5 Å². The van der Waals surface area contributed by atoms with Crippen LogP contribution in [-0.4, -0.2) is 27.5 Å². The van der Waals surface area contributed by atoms with Crippen molar-refractivity contribution >= 4 is 23.5 Å². The van der Waals surface area contributed by atoms with Crippen molar-refractivity contribution in [2.75, 3.05) is 0 Å². The highest BCUT2D eigenvalue weighted by molar-refractivity contribution is 6.29. The summed E-state index contributed by atoms with van der Waals surface area (Å²) in [6, 6.07) is 0. The Hall–Kier alpha value is -0.770. The van der Waals surface area contributed by atoms with Crippen LogP contribution in [0.25, 0.3) is 0 Å². The number of carboxylic acid groups (broad SMARTS) is 2. The van der Waals surface area contributed by atoms with E-state index in [0.29, 0.717) is 0 Å². The van der Waals surface area contributed by atoms with Crippen molar-refractivity contribution in [1.29, 1.82) is 0 Å². The summed E-state index contributed by atoms with van der Waals surface area (Å²) >= 11 is 5.35. The highest BCUT2D eigenvalue weighted by Gasteiger charge is 2.16. The zero-order valence-corrected chi connectivity index (χ0v) is 11.7. The number of aliphatic carboxylic acids is 2. The fraction of sp³-hybridized carbons (Fsp3) is 0.833. The number of rotatable bonds is 6. The summed E-state index contributed by atoms with van der Waals surface area (Å²) in [5, 5.41) is 15.9. The first-order valence-electron chi connectivity index (χ1n) is 5.83. The van der Waals surface area contributed by atoms with Crippen LogP contribution < -0.4 is 0 Å². The van der Waals surface area contributed by atoms with Gasteiger partial charge >= 0.3 is 11.9 Å². The van der Waals surface area contributed by atoms with E-state index in [9.17, 15) is 9.59 Å². The first-order chi connectivity index (χ1) is 7.73. The molecule has 0 radical (unpaired) electrons. The fourth-order valence-electron chi connectivity index (χ4n) is 0.919. The molecule has 17 heavy (non-hydrogen) atoms. The summed E-state index contributed by atoms with van der Waals surface area (Å²) in [6.07, 6.45) is 2.91. The van der Waals surface area contributed by atoms with Crippen LogP contribution in [0.2, 0.25) is 0 Å².